The van der Waals surface area contributed by atoms with Crippen LogP contribution in [-0.2, 0) is 13.2 Å². The van der Waals surface area contributed by atoms with Crippen LogP contribution in [0.4, 0.5) is 17.6 Å². The van der Waals surface area contributed by atoms with Gasteiger partial charge in [-0.05, 0) is 61.1 Å². The minimum Gasteiger partial charge on any atom is -0.485 e. The van der Waals surface area contributed by atoms with Crippen LogP contribution in [0.5, 0.6) is 11.5 Å². The summed E-state index contributed by atoms with van der Waals surface area (Å²) in [6, 6.07) is 14.0. The molecule has 4 aromatic carbocycles. The summed E-state index contributed by atoms with van der Waals surface area (Å²) in [6.07, 6.45) is 0. The Balaban J connectivity index is 0.000000148. The SMILES string of the molecule is Cc1ccc2c(c1F)COc1c-2ccc(C)c1F.Cc1ccc2c(c1F)COc1c-2ccc(C)c1F. The Kier molecular flexibility index (Phi) is 5.99. The highest BCUT2D eigenvalue weighted by Crippen LogP contribution is 2.42. The number of fused-ring (bicyclic) bond motifs is 6. The molecule has 2 heterocycles. The lowest BCUT2D eigenvalue weighted by molar-refractivity contribution is 0.280. The Bertz CT molecular complexity index is 1290. The molecular weight excluding hydrogens is 468 g/mol. The maximum Gasteiger partial charge on any atom is 0.168 e. The summed E-state index contributed by atoms with van der Waals surface area (Å²) in [6.45, 7) is 6.95. The molecular formula is C30H24F4O2. The van der Waals surface area contributed by atoms with Gasteiger partial charge < -0.3 is 9.47 Å². The van der Waals surface area contributed by atoms with Crippen molar-refractivity contribution in [2.75, 3.05) is 0 Å². The van der Waals surface area contributed by atoms with Gasteiger partial charge in [0.15, 0.2) is 23.1 Å². The maximum atomic E-state index is 14.0. The summed E-state index contributed by atoms with van der Waals surface area (Å²) in [5.74, 6) is -0.798. The third-order valence-corrected chi connectivity index (χ3v) is 6.75. The van der Waals surface area contributed by atoms with Gasteiger partial charge in [-0.1, -0.05) is 48.5 Å². The Morgan fingerprint density at radius 1 is 0.444 bits per heavy atom. The van der Waals surface area contributed by atoms with Crippen LogP contribution in [0, 0.1) is 51.0 Å². The Labute approximate surface area is 207 Å². The first kappa shape index (κ1) is 23.9. The van der Waals surface area contributed by atoms with Gasteiger partial charge in [0, 0.05) is 22.3 Å². The molecule has 0 amide bonds. The fraction of sp³-hybridized carbons (Fsp3) is 0.200. The van der Waals surface area contributed by atoms with Gasteiger partial charge >= 0.3 is 0 Å². The highest BCUT2D eigenvalue weighted by molar-refractivity contribution is 5.77. The molecule has 0 bridgehead atoms. The first-order valence-corrected chi connectivity index (χ1v) is 11.6. The lowest BCUT2D eigenvalue weighted by Gasteiger charge is -2.22. The summed E-state index contributed by atoms with van der Waals surface area (Å²) in [5.41, 5.74) is 5.92. The van der Waals surface area contributed by atoms with E-state index in [1.54, 1.807) is 64.1 Å². The Morgan fingerprint density at radius 3 is 1.11 bits per heavy atom. The lowest BCUT2D eigenvalue weighted by Crippen LogP contribution is -2.10. The van der Waals surface area contributed by atoms with Gasteiger partial charge in [0.1, 0.15) is 24.8 Å². The molecule has 0 N–H and O–H groups in total. The van der Waals surface area contributed by atoms with Crippen molar-refractivity contribution in [1.82, 2.24) is 0 Å². The van der Waals surface area contributed by atoms with Crippen LogP contribution < -0.4 is 9.47 Å². The highest BCUT2D eigenvalue weighted by atomic mass is 19.1. The summed E-state index contributed by atoms with van der Waals surface area (Å²) in [7, 11) is 0. The van der Waals surface area contributed by atoms with Crippen LogP contribution in [0.3, 0.4) is 0 Å². The van der Waals surface area contributed by atoms with Crippen molar-refractivity contribution < 1.29 is 27.0 Å². The summed E-state index contributed by atoms with van der Waals surface area (Å²) < 4.78 is 66.6. The first-order valence-electron chi connectivity index (χ1n) is 11.6. The largest absolute Gasteiger partial charge is 0.485 e. The van der Waals surface area contributed by atoms with Gasteiger partial charge in [0.2, 0.25) is 0 Å². The van der Waals surface area contributed by atoms with E-state index in [0.717, 1.165) is 11.1 Å². The van der Waals surface area contributed by atoms with Crippen molar-refractivity contribution >= 4 is 0 Å². The van der Waals surface area contributed by atoms with Crippen molar-refractivity contribution in [2.24, 2.45) is 0 Å². The van der Waals surface area contributed by atoms with Crippen LogP contribution in [-0.4, -0.2) is 0 Å². The average Bonchev–Trinajstić information content (AvgIpc) is 2.88. The molecule has 2 aliphatic heterocycles. The third kappa shape index (κ3) is 3.81. The standard InChI is InChI=1S/2C15H12F2O/c2*1-8-3-5-10-11-6-4-9(2)14(17)15(11)18-7-12(10)13(8)16/h2*3-6H,7H2,1-2H3. The number of benzene rings is 4. The van der Waals surface area contributed by atoms with E-state index in [4.69, 9.17) is 9.47 Å². The van der Waals surface area contributed by atoms with Gasteiger partial charge in [0.25, 0.3) is 0 Å². The predicted octanol–water partition coefficient (Wildman–Crippen LogP) is 8.28. The van der Waals surface area contributed by atoms with Crippen molar-refractivity contribution in [3.8, 4) is 33.8 Å². The Morgan fingerprint density at radius 2 is 0.750 bits per heavy atom. The van der Waals surface area contributed by atoms with Crippen molar-refractivity contribution in [1.29, 1.82) is 0 Å². The monoisotopic (exact) mass is 492 g/mol. The van der Waals surface area contributed by atoms with Crippen molar-refractivity contribution in [3.63, 3.8) is 0 Å². The van der Waals surface area contributed by atoms with E-state index >= 15 is 0 Å². The quantitative estimate of drug-likeness (QED) is 0.230. The summed E-state index contributed by atoms with van der Waals surface area (Å²) in [4.78, 5) is 0. The van der Waals surface area contributed by atoms with Crippen LogP contribution in [0.2, 0.25) is 0 Å². The number of hydrogen-bond donors (Lipinski definition) is 0. The molecule has 0 aliphatic carbocycles. The Hall–Kier alpha value is -3.80. The van der Waals surface area contributed by atoms with E-state index in [0.29, 0.717) is 44.5 Å². The minimum absolute atomic E-state index is 0.0796. The van der Waals surface area contributed by atoms with E-state index in [-0.39, 0.29) is 48.0 Å². The third-order valence-electron chi connectivity index (χ3n) is 6.75. The maximum absolute atomic E-state index is 14.0. The van der Waals surface area contributed by atoms with E-state index < -0.39 is 0 Å². The molecule has 2 aliphatic rings. The van der Waals surface area contributed by atoms with Crippen LogP contribution >= 0.6 is 0 Å². The topological polar surface area (TPSA) is 18.5 Å². The van der Waals surface area contributed by atoms with E-state index in [1.165, 1.54) is 0 Å². The van der Waals surface area contributed by atoms with Crippen LogP contribution in [0.15, 0.2) is 48.5 Å². The number of halogens is 4. The normalized spacial score (nSPS) is 12.7. The molecule has 0 fully saturated rings. The zero-order chi connectivity index (χ0) is 25.7. The van der Waals surface area contributed by atoms with Crippen LogP contribution in [0.1, 0.15) is 33.4 Å². The van der Waals surface area contributed by atoms with Gasteiger partial charge in [-0.3, -0.25) is 0 Å². The molecule has 36 heavy (non-hydrogen) atoms. The van der Waals surface area contributed by atoms with Crippen molar-refractivity contribution in [2.45, 2.75) is 40.9 Å². The second kappa shape index (κ2) is 9.01. The van der Waals surface area contributed by atoms with Gasteiger partial charge in [-0.15, -0.1) is 0 Å². The first-order chi connectivity index (χ1) is 17.2. The van der Waals surface area contributed by atoms with Gasteiger partial charge in [-0.25, -0.2) is 17.6 Å². The van der Waals surface area contributed by atoms with E-state index in [9.17, 15) is 17.6 Å². The van der Waals surface area contributed by atoms with Crippen LogP contribution in [0.25, 0.3) is 22.3 Å². The second-order valence-corrected chi connectivity index (χ2v) is 9.17. The smallest absolute Gasteiger partial charge is 0.168 e. The van der Waals surface area contributed by atoms with Gasteiger partial charge in [-0.2, -0.15) is 0 Å². The molecule has 0 radical (unpaired) electrons. The molecule has 0 unspecified atom stereocenters. The number of hydrogen-bond acceptors (Lipinski definition) is 2. The highest BCUT2D eigenvalue weighted by Gasteiger charge is 2.25. The van der Waals surface area contributed by atoms with Crippen molar-refractivity contribution in [3.05, 3.63) is 105 Å². The van der Waals surface area contributed by atoms with Gasteiger partial charge in [0.05, 0.1) is 0 Å². The summed E-state index contributed by atoms with van der Waals surface area (Å²) >= 11 is 0. The second-order valence-electron chi connectivity index (χ2n) is 9.17. The molecule has 0 atom stereocenters. The molecule has 4 aromatic rings. The molecule has 0 aromatic heterocycles. The molecule has 0 spiro atoms. The lowest BCUT2D eigenvalue weighted by atomic mass is 9.94. The fourth-order valence-electron chi connectivity index (χ4n) is 4.57. The number of ether oxygens (including phenoxy) is 2. The molecule has 6 rings (SSSR count). The zero-order valence-corrected chi connectivity index (χ0v) is 20.4. The number of rotatable bonds is 0. The van der Waals surface area contributed by atoms with E-state index in [2.05, 4.69) is 0 Å². The minimum atomic E-state index is -0.362. The predicted molar refractivity (Wildman–Crippen MR) is 131 cm³/mol. The summed E-state index contributed by atoms with van der Waals surface area (Å²) in [5, 5.41) is 0. The molecule has 184 valence electrons. The number of aryl methyl sites for hydroxylation is 4. The zero-order valence-electron chi connectivity index (χ0n) is 20.4. The molecule has 2 nitrogen and oxygen atoms in total. The molecule has 0 saturated carbocycles. The molecule has 6 heteroatoms. The molecule has 0 saturated heterocycles. The fourth-order valence-corrected chi connectivity index (χ4v) is 4.57. The average molecular weight is 493 g/mol. The van der Waals surface area contributed by atoms with E-state index in [1.807, 2.05) is 12.1 Å².